The van der Waals surface area contributed by atoms with E-state index in [0.717, 1.165) is 11.1 Å². The molecular weight excluding hydrogens is 278 g/mol. The first-order chi connectivity index (χ1) is 9.58. The van der Waals surface area contributed by atoms with Crippen molar-refractivity contribution < 1.29 is 18.0 Å². The zero-order valence-electron chi connectivity index (χ0n) is 11.4. The summed E-state index contributed by atoms with van der Waals surface area (Å²) in [7, 11) is -0.587. The Kier molecular flexibility index (Phi) is 4.71. The highest BCUT2D eigenvalue weighted by Crippen LogP contribution is 2.51. The van der Waals surface area contributed by atoms with E-state index in [-0.39, 0.29) is 12.0 Å². The van der Waals surface area contributed by atoms with Gasteiger partial charge in [0.15, 0.2) is 0 Å². The first-order valence-electron chi connectivity index (χ1n) is 6.12. The van der Waals surface area contributed by atoms with Crippen molar-refractivity contribution in [3.05, 3.63) is 59.9 Å². The Morgan fingerprint density at radius 2 is 1.70 bits per heavy atom. The molecule has 0 radical (unpaired) electrons. The molecule has 2 aromatic rings. The summed E-state index contributed by atoms with van der Waals surface area (Å²) in [5.74, 6) is -0.376. The summed E-state index contributed by atoms with van der Waals surface area (Å²) in [6.45, 7) is 0. The summed E-state index contributed by atoms with van der Waals surface area (Å²) in [5.41, 5.74) is 2.35. The van der Waals surface area contributed by atoms with Gasteiger partial charge < -0.3 is 9.05 Å². The van der Waals surface area contributed by atoms with E-state index in [0.29, 0.717) is 5.56 Å². The minimum absolute atomic E-state index is 0.0297. The molecule has 0 aliphatic rings. The van der Waals surface area contributed by atoms with Crippen LogP contribution >= 0.6 is 7.60 Å². The molecule has 0 atom stereocenters. The fraction of sp³-hybridized carbons (Fsp3) is 0.200. The number of hydrogen-bond donors (Lipinski definition) is 0. The molecule has 0 heterocycles. The van der Waals surface area contributed by atoms with E-state index < -0.39 is 7.60 Å². The average Bonchev–Trinajstić information content (AvgIpc) is 2.48. The first kappa shape index (κ1) is 14.9. The molecule has 0 saturated carbocycles. The van der Waals surface area contributed by atoms with Crippen LogP contribution in [0.4, 0.5) is 4.39 Å². The van der Waals surface area contributed by atoms with Gasteiger partial charge in [-0.15, -0.1) is 0 Å². The number of halogens is 1. The predicted octanol–water partition coefficient (Wildman–Crippen LogP) is 4.48. The van der Waals surface area contributed by atoms with Gasteiger partial charge in [-0.1, -0.05) is 36.4 Å². The maximum absolute atomic E-state index is 13.5. The highest BCUT2D eigenvalue weighted by Gasteiger charge is 2.23. The van der Waals surface area contributed by atoms with Crippen molar-refractivity contribution in [1.29, 1.82) is 0 Å². The fourth-order valence-corrected chi connectivity index (χ4v) is 3.09. The summed E-state index contributed by atoms with van der Waals surface area (Å²) < 4.78 is 35.6. The van der Waals surface area contributed by atoms with Gasteiger partial charge in [-0.05, 0) is 28.8 Å². The van der Waals surface area contributed by atoms with Crippen molar-refractivity contribution in [2.24, 2.45) is 0 Å². The van der Waals surface area contributed by atoms with Gasteiger partial charge in [0.25, 0.3) is 0 Å². The van der Waals surface area contributed by atoms with Gasteiger partial charge in [0.05, 0.1) is 6.16 Å². The molecule has 0 aliphatic heterocycles. The first-order valence-corrected chi connectivity index (χ1v) is 7.85. The fourth-order valence-electron chi connectivity index (χ4n) is 2.00. The van der Waals surface area contributed by atoms with Crippen LogP contribution in [-0.4, -0.2) is 14.2 Å². The van der Waals surface area contributed by atoms with Crippen LogP contribution in [0.5, 0.6) is 0 Å². The SMILES string of the molecule is COP(=O)(Cc1cc(F)ccc1-c1ccccc1)OC. The van der Waals surface area contributed by atoms with Crippen LogP contribution in [0.1, 0.15) is 5.56 Å². The lowest BCUT2D eigenvalue weighted by atomic mass is 10.0. The highest BCUT2D eigenvalue weighted by atomic mass is 31.2. The maximum atomic E-state index is 13.5. The Labute approximate surface area is 117 Å². The molecule has 106 valence electrons. The number of benzene rings is 2. The van der Waals surface area contributed by atoms with Gasteiger partial charge in [0.1, 0.15) is 5.82 Å². The van der Waals surface area contributed by atoms with Gasteiger partial charge in [-0.3, -0.25) is 4.57 Å². The van der Waals surface area contributed by atoms with Crippen molar-refractivity contribution >= 4 is 7.60 Å². The van der Waals surface area contributed by atoms with Crippen molar-refractivity contribution in [2.75, 3.05) is 14.2 Å². The zero-order valence-corrected chi connectivity index (χ0v) is 12.3. The van der Waals surface area contributed by atoms with Gasteiger partial charge in [0, 0.05) is 14.2 Å². The van der Waals surface area contributed by atoms with Gasteiger partial charge in [-0.25, -0.2) is 4.39 Å². The summed E-state index contributed by atoms with van der Waals surface area (Å²) >= 11 is 0. The van der Waals surface area contributed by atoms with E-state index in [9.17, 15) is 8.96 Å². The molecule has 0 spiro atoms. The van der Waals surface area contributed by atoms with Crippen molar-refractivity contribution in [3.63, 3.8) is 0 Å². The second-order valence-corrected chi connectivity index (χ2v) is 6.57. The van der Waals surface area contributed by atoms with Gasteiger partial charge in [0.2, 0.25) is 0 Å². The Hall–Kier alpha value is -1.48. The molecule has 0 fully saturated rings. The molecule has 5 heteroatoms. The third kappa shape index (κ3) is 3.34. The summed E-state index contributed by atoms with van der Waals surface area (Å²) in [6, 6.07) is 14.0. The second kappa shape index (κ2) is 6.31. The minimum atomic E-state index is -3.24. The summed E-state index contributed by atoms with van der Waals surface area (Å²) in [4.78, 5) is 0. The lowest BCUT2D eigenvalue weighted by Crippen LogP contribution is -1.97. The van der Waals surface area contributed by atoms with Crippen molar-refractivity contribution in [2.45, 2.75) is 6.16 Å². The predicted molar refractivity (Wildman–Crippen MR) is 77.2 cm³/mol. The third-order valence-electron chi connectivity index (χ3n) is 3.07. The van der Waals surface area contributed by atoms with Crippen LogP contribution in [0.2, 0.25) is 0 Å². The third-order valence-corrected chi connectivity index (χ3v) is 4.91. The zero-order chi connectivity index (χ0) is 14.6. The van der Waals surface area contributed by atoms with Crippen LogP contribution in [0.15, 0.2) is 48.5 Å². The van der Waals surface area contributed by atoms with Crippen LogP contribution in [0.3, 0.4) is 0 Å². The van der Waals surface area contributed by atoms with E-state index in [4.69, 9.17) is 9.05 Å². The van der Waals surface area contributed by atoms with Crippen molar-refractivity contribution in [1.82, 2.24) is 0 Å². The molecule has 0 aliphatic carbocycles. The van der Waals surface area contributed by atoms with Crippen molar-refractivity contribution in [3.8, 4) is 11.1 Å². The molecular formula is C15H16FO3P. The maximum Gasteiger partial charge on any atom is 0.334 e. The Morgan fingerprint density at radius 3 is 2.30 bits per heavy atom. The molecule has 0 amide bonds. The standard InChI is InChI=1S/C15H16FO3P/c1-18-20(17,19-2)11-13-10-14(16)8-9-15(13)12-6-4-3-5-7-12/h3-10H,11H2,1-2H3. The molecule has 20 heavy (non-hydrogen) atoms. The molecule has 0 N–H and O–H groups in total. The minimum Gasteiger partial charge on any atom is -0.312 e. The molecule has 0 saturated heterocycles. The number of rotatable bonds is 5. The van der Waals surface area contributed by atoms with Gasteiger partial charge in [-0.2, -0.15) is 0 Å². The molecule has 2 rings (SSSR count). The normalized spacial score (nSPS) is 11.6. The quantitative estimate of drug-likeness (QED) is 0.763. The largest absolute Gasteiger partial charge is 0.334 e. The van der Waals surface area contributed by atoms with Crippen LogP contribution < -0.4 is 0 Å². The smallest absolute Gasteiger partial charge is 0.312 e. The van der Waals surface area contributed by atoms with Gasteiger partial charge >= 0.3 is 7.60 Å². The molecule has 0 unspecified atom stereocenters. The molecule has 2 aromatic carbocycles. The van der Waals surface area contributed by atoms with Crippen LogP contribution in [0, 0.1) is 5.82 Å². The average molecular weight is 294 g/mol. The highest BCUT2D eigenvalue weighted by molar-refractivity contribution is 7.52. The van der Waals surface area contributed by atoms with E-state index in [2.05, 4.69) is 0 Å². The molecule has 3 nitrogen and oxygen atoms in total. The van der Waals surface area contributed by atoms with Crippen LogP contribution in [-0.2, 0) is 19.8 Å². The Bertz CT molecular complexity index is 620. The topological polar surface area (TPSA) is 35.5 Å². The number of hydrogen-bond acceptors (Lipinski definition) is 3. The van der Waals surface area contributed by atoms with Crippen LogP contribution in [0.25, 0.3) is 11.1 Å². The Morgan fingerprint density at radius 1 is 1.05 bits per heavy atom. The second-order valence-electron chi connectivity index (χ2n) is 4.30. The van der Waals surface area contributed by atoms with E-state index >= 15 is 0 Å². The van der Waals surface area contributed by atoms with E-state index in [1.165, 1.54) is 26.4 Å². The molecule has 0 aromatic heterocycles. The monoisotopic (exact) mass is 294 g/mol. The van der Waals surface area contributed by atoms with E-state index in [1.54, 1.807) is 6.07 Å². The van der Waals surface area contributed by atoms with E-state index in [1.807, 2.05) is 30.3 Å². The summed E-state index contributed by atoms with van der Waals surface area (Å²) in [5, 5.41) is 0. The summed E-state index contributed by atoms with van der Waals surface area (Å²) in [6.07, 6.45) is 0.0297. The lowest BCUT2D eigenvalue weighted by molar-refractivity contribution is 0.275. The molecule has 0 bridgehead atoms. The lowest BCUT2D eigenvalue weighted by Gasteiger charge is -2.16. The Balaban J connectivity index is 2.47.